The molecule has 1 heterocycles. The molecule has 80 valence electrons. The van der Waals surface area contributed by atoms with Crippen molar-refractivity contribution in [2.75, 3.05) is 6.61 Å². The number of carbonyl (C=O) groups excluding carboxylic acids is 1. The summed E-state index contributed by atoms with van der Waals surface area (Å²) in [5.41, 5.74) is -1.01. The Morgan fingerprint density at radius 1 is 1.47 bits per heavy atom. The summed E-state index contributed by atoms with van der Waals surface area (Å²) in [7, 11) is 0. The average Bonchev–Trinajstić information content (AvgIpc) is 2.21. The number of amides is 1. The van der Waals surface area contributed by atoms with Crippen LogP contribution in [0.1, 0.15) is 27.7 Å². The van der Waals surface area contributed by atoms with E-state index in [0.29, 0.717) is 6.61 Å². The van der Waals surface area contributed by atoms with Gasteiger partial charge in [-0.1, -0.05) is 6.26 Å². The molecule has 0 saturated carbocycles. The molecule has 0 bridgehead atoms. The molecule has 0 aliphatic carbocycles. The van der Waals surface area contributed by atoms with Gasteiger partial charge in [-0.25, -0.2) is 0 Å². The summed E-state index contributed by atoms with van der Waals surface area (Å²) < 4.78 is 10.2. The van der Waals surface area contributed by atoms with Crippen LogP contribution in [0.4, 0.5) is 4.79 Å². The maximum Gasteiger partial charge on any atom is 1.00 e. The van der Waals surface area contributed by atoms with Gasteiger partial charge in [0, 0.05) is 5.54 Å². The van der Waals surface area contributed by atoms with Gasteiger partial charge in [-0.3, -0.25) is 0 Å². The number of ether oxygens (including phenoxy) is 2. The van der Waals surface area contributed by atoms with Crippen molar-refractivity contribution in [1.29, 1.82) is 0 Å². The van der Waals surface area contributed by atoms with Gasteiger partial charge >= 0.3 is 18.9 Å². The van der Waals surface area contributed by atoms with Gasteiger partial charge in [0.1, 0.15) is 5.72 Å². The zero-order valence-corrected chi connectivity index (χ0v) is 10.1. The minimum Gasteiger partial charge on any atom is -0.603 e. The molecule has 1 saturated heterocycles. The molecule has 5 heteroatoms. The molecule has 0 atom stereocenters. The second-order valence-corrected chi connectivity index (χ2v) is 4.40. The number of nitrogens with zero attached hydrogens (tertiary/aromatic N) is 1. The van der Waals surface area contributed by atoms with E-state index in [1.165, 1.54) is 0 Å². The summed E-state index contributed by atoms with van der Waals surface area (Å²) in [5, 5.41) is 0. The number of hydrogen-bond donors (Lipinski definition) is 0. The minimum absolute atomic E-state index is 0. The van der Waals surface area contributed by atoms with Gasteiger partial charge in [-0.2, -0.15) is 6.58 Å². The second-order valence-electron chi connectivity index (χ2n) is 4.40. The number of hydrogen-bond acceptors (Lipinski definition) is 3. The molecule has 0 radical (unpaired) electrons. The third-order valence-electron chi connectivity index (χ3n) is 2.26. The van der Waals surface area contributed by atoms with Crippen LogP contribution in [0.15, 0.2) is 6.58 Å². The van der Waals surface area contributed by atoms with E-state index in [1.807, 2.05) is 27.7 Å². The maximum absolute atomic E-state index is 11.6. The second kappa shape index (κ2) is 4.61. The first-order valence-electron chi connectivity index (χ1n) is 4.48. The topological polar surface area (TPSA) is 38.8 Å². The molecule has 1 rings (SSSR count). The van der Waals surface area contributed by atoms with E-state index in [4.69, 9.17) is 4.74 Å². The van der Waals surface area contributed by atoms with Crippen molar-refractivity contribution in [1.82, 2.24) is 4.90 Å². The van der Waals surface area contributed by atoms with Crippen molar-refractivity contribution in [3.05, 3.63) is 12.8 Å². The van der Waals surface area contributed by atoms with E-state index < -0.39 is 11.8 Å². The largest absolute Gasteiger partial charge is 1.00 e. The van der Waals surface area contributed by atoms with Crippen LogP contribution in [0.5, 0.6) is 0 Å². The maximum atomic E-state index is 11.6. The van der Waals surface area contributed by atoms with Gasteiger partial charge in [0.05, 0.1) is 6.61 Å². The fourth-order valence-corrected chi connectivity index (χ4v) is 1.79. The number of carbonyl (C=O) groups is 1. The van der Waals surface area contributed by atoms with Crippen LogP contribution in [-0.2, 0) is 9.47 Å². The predicted molar refractivity (Wildman–Crippen MR) is 51.3 cm³/mol. The standard InChI is InChI=1S/C10H16NO3.Li/c1-6-13-8(12)11-9(2,3)7-14-10(11,4)5;/h1,7H2,2-5H3;/q-1;+1. The Bertz CT molecular complexity index is 247. The van der Waals surface area contributed by atoms with E-state index in [1.54, 1.807) is 4.90 Å². The SMILES string of the molecule is C=[C-]OC(=O)N1C(C)(C)COC1(C)C.[Li+]. The Kier molecular flexibility index (Phi) is 4.47. The molecular formula is C10H16LiNO3. The molecule has 1 amide bonds. The van der Waals surface area contributed by atoms with Crippen LogP contribution in [0.3, 0.4) is 0 Å². The molecule has 0 N–H and O–H groups in total. The molecule has 1 aliphatic rings. The van der Waals surface area contributed by atoms with E-state index >= 15 is 0 Å². The Balaban J connectivity index is 0.00000196. The summed E-state index contributed by atoms with van der Waals surface area (Å²) in [4.78, 5) is 13.2. The van der Waals surface area contributed by atoms with Crippen LogP contribution in [0.25, 0.3) is 0 Å². The average molecular weight is 205 g/mol. The summed E-state index contributed by atoms with van der Waals surface area (Å²) >= 11 is 0. The van der Waals surface area contributed by atoms with Crippen LogP contribution in [0.2, 0.25) is 0 Å². The molecule has 0 aromatic rings. The summed E-state index contributed by atoms with van der Waals surface area (Å²) in [6.07, 6.45) is 1.64. The predicted octanol–water partition coefficient (Wildman–Crippen LogP) is -1.08. The summed E-state index contributed by atoms with van der Waals surface area (Å²) in [6.45, 7) is 11.2. The molecule has 1 aliphatic heterocycles. The molecular weight excluding hydrogens is 189 g/mol. The third-order valence-corrected chi connectivity index (χ3v) is 2.26. The van der Waals surface area contributed by atoms with Crippen molar-refractivity contribution in [3.8, 4) is 0 Å². The smallest absolute Gasteiger partial charge is 0.603 e. The van der Waals surface area contributed by atoms with E-state index in [9.17, 15) is 4.79 Å². The molecule has 15 heavy (non-hydrogen) atoms. The Labute approximate surface area is 103 Å². The van der Waals surface area contributed by atoms with Crippen molar-refractivity contribution in [2.24, 2.45) is 0 Å². The van der Waals surface area contributed by atoms with Gasteiger partial charge in [-0.05, 0) is 27.7 Å². The Morgan fingerprint density at radius 3 is 2.33 bits per heavy atom. The quantitative estimate of drug-likeness (QED) is 0.310. The van der Waals surface area contributed by atoms with E-state index in [-0.39, 0.29) is 24.4 Å². The van der Waals surface area contributed by atoms with Crippen molar-refractivity contribution in [2.45, 2.75) is 39.0 Å². The first-order chi connectivity index (χ1) is 6.31. The Hall–Kier alpha value is -0.433. The van der Waals surface area contributed by atoms with Crippen LogP contribution in [-0.4, -0.2) is 28.9 Å². The zero-order chi connectivity index (χ0) is 11.0. The van der Waals surface area contributed by atoms with Gasteiger partial charge < -0.3 is 19.2 Å². The fraction of sp³-hybridized carbons (Fsp3) is 0.700. The fourth-order valence-electron chi connectivity index (χ4n) is 1.79. The van der Waals surface area contributed by atoms with Crippen LogP contribution in [0, 0.1) is 6.26 Å². The molecule has 0 aromatic carbocycles. The molecule has 1 fully saturated rings. The normalized spacial score (nSPS) is 21.7. The van der Waals surface area contributed by atoms with Gasteiger partial charge in [0.2, 0.25) is 0 Å². The van der Waals surface area contributed by atoms with Crippen molar-refractivity contribution in [3.63, 3.8) is 0 Å². The first-order valence-corrected chi connectivity index (χ1v) is 4.48. The van der Waals surface area contributed by atoms with Crippen molar-refractivity contribution >= 4 is 6.09 Å². The molecule has 0 spiro atoms. The molecule has 4 nitrogen and oxygen atoms in total. The minimum atomic E-state index is -0.641. The summed E-state index contributed by atoms with van der Waals surface area (Å²) in [6, 6.07) is 0. The van der Waals surface area contributed by atoms with Gasteiger partial charge in [-0.15, -0.1) is 0 Å². The van der Waals surface area contributed by atoms with Crippen LogP contribution < -0.4 is 18.9 Å². The Morgan fingerprint density at radius 2 is 2.00 bits per heavy atom. The van der Waals surface area contributed by atoms with E-state index in [2.05, 4.69) is 17.6 Å². The summed E-state index contributed by atoms with van der Waals surface area (Å²) in [5.74, 6) is 0. The van der Waals surface area contributed by atoms with Crippen LogP contribution >= 0.6 is 0 Å². The zero-order valence-electron chi connectivity index (χ0n) is 10.1. The third kappa shape index (κ3) is 2.78. The monoisotopic (exact) mass is 205 g/mol. The van der Waals surface area contributed by atoms with E-state index in [0.717, 1.165) is 0 Å². The number of rotatable bonds is 1. The molecule has 0 unspecified atom stereocenters. The molecule has 0 aromatic heterocycles. The van der Waals surface area contributed by atoms with Gasteiger partial charge in [0.25, 0.3) is 6.09 Å². The van der Waals surface area contributed by atoms with Gasteiger partial charge in [0.15, 0.2) is 0 Å². The van der Waals surface area contributed by atoms with Crippen molar-refractivity contribution < 1.29 is 33.1 Å². The first kappa shape index (κ1) is 14.6.